The van der Waals surface area contributed by atoms with Gasteiger partial charge in [-0.2, -0.15) is 0 Å². The van der Waals surface area contributed by atoms with Gasteiger partial charge in [0, 0.05) is 18.8 Å². The van der Waals surface area contributed by atoms with Gasteiger partial charge >= 0.3 is 5.97 Å². The van der Waals surface area contributed by atoms with Gasteiger partial charge in [-0.25, -0.2) is 9.18 Å². The molecule has 0 spiro atoms. The number of nitrogens with one attached hydrogen (secondary N) is 1. The van der Waals surface area contributed by atoms with Crippen LogP contribution >= 0.6 is 0 Å². The number of likely N-dealkylation sites (tertiary alicyclic amines) is 1. The molecule has 32 heavy (non-hydrogen) atoms. The van der Waals surface area contributed by atoms with E-state index < -0.39 is 17.7 Å². The Bertz CT molecular complexity index is 957. The summed E-state index contributed by atoms with van der Waals surface area (Å²) in [5.41, 5.74) is 0.626. The fraction of sp³-hybridized carbons (Fsp3) is 0.348. The van der Waals surface area contributed by atoms with Crippen molar-refractivity contribution in [3.8, 4) is 11.5 Å². The molecule has 0 bridgehead atoms. The van der Waals surface area contributed by atoms with Crippen LogP contribution in [0.25, 0.3) is 0 Å². The Morgan fingerprint density at radius 1 is 0.969 bits per heavy atom. The maximum absolute atomic E-state index is 12.9. The normalized spacial score (nSPS) is 13.2. The highest BCUT2D eigenvalue weighted by Crippen LogP contribution is 2.28. The number of ether oxygens (including phenoxy) is 3. The third kappa shape index (κ3) is 6.44. The van der Waals surface area contributed by atoms with Gasteiger partial charge in [-0.15, -0.1) is 0 Å². The van der Waals surface area contributed by atoms with Crippen molar-refractivity contribution < 1.29 is 33.0 Å². The standard InChI is InChI=1S/C23H25FN2O6/c1-30-20-13-16(23(29)32-15-22(28)26-11-3-2-4-12-26)5-10-19(20)31-14-21(27)25-18-8-6-17(24)7-9-18/h5-10,13H,2-4,11-12,14-15H2,1H3,(H,25,27). The molecule has 0 radical (unpaired) electrons. The molecule has 1 N–H and O–H groups in total. The highest BCUT2D eigenvalue weighted by molar-refractivity contribution is 5.93. The molecule has 9 heteroatoms. The van der Waals surface area contributed by atoms with E-state index in [1.54, 1.807) is 4.90 Å². The van der Waals surface area contributed by atoms with Crippen LogP contribution in [0.3, 0.4) is 0 Å². The maximum atomic E-state index is 12.9. The molecular weight excluding hydrogens is 419 g/mol. The smallest absolute Gasteiger partial charge is 0.338 e. The van der Waals surface area contributed by atoms with Gasteiger partial charge in [0.2, 0.25) is 0 Å². The van der Waals surface area contributed by atoms with Crippen molar-refractivity contribution in [3.05, 3.63) is 53.8 Å². The van der Waals surface area contributed by atoms with E-state index >= 15 is 0 Å². The Balaban J connectivity index is 1.52. The molecule has 170 valence electrons. The third-order valence-electron chi connectivity index (χ3n) is 4.92. The number of anilines is 1. The minimum atomic E-state index is -0.658. The predicted molar refractivity (Wildman–Crippen MR) is 114 cm³/mol. The minimum Gasteiger partial charge on any atom is -0.493 e. The van der Waals surface area contributed by atoms with Crippen molar-refractivity contribution >= 4 is 23.5 Å². The number of methoxy groups -OCH3 is 1. The lowest BCUT2D eigenvalue weighted by Crippen LogP contribution is -2.38. The number of piperidine rings is 1. The zero-order valence-electron chi connectivity index (χ0n) is 17.8. The quantitative estimate of drug-likeness (QED) is 0.629. The van der Waals surface area contributed by atoms with Gasteiger partial charge in [0.15, 0.2) is 24.7 Å². The van der Waals surface area contributed by atoms with Gasteiger partial charge in [0.1, 0.15) is 5.82 Å². The van der Waals surface area contributed by atoms with E-state index in [1.165, 1.54) is 49.6 Å². The van der Waals surface area contributed by atoms with Crippen molar-refractivity contribution in [1.82, 2.24) is 4.90 Å². The monoisotopic (exact) mass is 444 g/mol. The highest BCUT2D eigenvalue weighted by Gasteiger charge is 2.19. The van der Waals surface area contributed by atoms with Crippen LogP contribution in [0.1, 0.15) is 29.6 Å². The van der Waals surface area contributed by atoms with Gasteiger partial charge in [-0.1, -0.05) is 0 Å². The zero-order chi connectivity index (χ0) is 22.9. The van der Waals surface area contributed by atoms with Crippen LogP contribution in [-0.4, -0.2) is 56.1 Å². The number of halogens is 1. The first-order chi connectivity index (χ1) is 15.5. The fourth-order valence-electron chi connectivity index (χ4n) is 3.23. The Morgan fingerprint density at radius 2 is 1.69 bits per heavy atom. The second-order valence-corrected chi connectivity index (χ2v) is 7.23. The van der Waals surface area contributed by atoms with Crippen LogP contribution < -0.4 is 14.8 Å². The average molecular weight is 444 g/mol. The minimum absolute atomic E-state index is 0.191. The Labute approximate surface area is 185 Å². The highest BCUT2D eigenvalue weighted by atomic mass is 19.1. The van der Waals surface area contributed by atoms with Crippen LogP contribution in [0.5, 0.6) is 11.5 Å². The number of amides is 2. The van der Waals surface area contributed by atoms with E-state index in [4.69, 9.17) is 14.2 Å². The summed E-state index contributed by atoms with van der Waals surface area (Å²) in [5, 5.41) is 2.58. The topological polar surface area (TPSA) is 94.2 Å². The first-order valence-electron chi connectivity index (χ1n) is 10.3. The van der Waals surface area contributed by atoms with E-state index in [-0.39, 0.29) is 36.2 Å². The fourth-order valence-corrected chi connectivity index (χ4v) is 3.23. The summed E-state index contributed by atoms with van der Waals surface area (Å²) < 4.78 is 28.8. The lowest BCUT2D eigenvalue weighted by Gasteiger charge is -2.26. The molecule has 2 amide bonds. The molecular formula is C23H25FN2O6. The lowest BCUT2D eigenvalue weighted by atomic mass is 10.1. The van der Waals surface area contributed by atoms with Gasteiger partial charge < -0.3 is 24.4 Å². The molecule has 0 unspecified atom stereocenters. The summed E-state index contributed by atoms with van der Waals surface area (Å²) in [5.74, 6) is -1.23. The van der Waals surface area contributed by atoms with Gasteiger partial charge in [0.25, 0.3) is 11.8 Å². The molecule has 2 aromatic carbocycles. The molecule has 1 saturated heterocycles. The van der Waals surface area contributed by atoms with E-state index in [9.17, 15) is 18.8 Å². The largest absolute Gasteiger partial charge is 0.493 e. The van der Waals surface area contributed by atoms with Crippen molar-refractivity contribution in [2.45, 2.75) is 19.3 Å². The van der Waals surface area contributed by atoms with Crippen LogP contribution in [0.2, 0.25) is 0 Å². The average Bonchev–Trinajstić information content (AvgIpc) is 2.82. The van der Waals surface area contributed by atoms with E-state index in [0.717, 1.165) is 19.3 Å². The molecule has 8 nitrogen and oxygen atoms in total. The number of hydrogen-bond donors (Lipinski definition) is 1. The van der Waals surface area contributed by atoms with Gasteiger partial charge in [0.05, 0.1) is 12.7 Å². The number of carbonyl (C=O) groups excluding carboxylic acids is 3. The second kappa shape index (κ2) is 11.1. The molecule has 0 aromatic heterocycles. The van der Waals surface area contributed by atoms with Crippen LogP contribution in [0, 0.1) is 5.82 Å². The van der Waals surface area contributed by atoms with Gasteiger partial charge in [-0.3, -0.25) is 9.59 Å². The van der Waals surface area contributed by atoms with E-state index in [1.807, 2.05) is 0 Å². The molecule has 2 aromatic rings. The number of nitrogens with zero attached hydrogens (tertiary/aromatic N) is 1. The molecule has 0 atom stereocenters. The molecule has 3 rings (SSSR count). The Kier molecular flexibility index (Phi) is 8.02. The molecule has 1 aliphatic heterocycles. The summed E-state index contributed by atoms with van der Waals surface area (Å²) in [6.45, 7) is 0.737. The first-order valence-corrected chi connectivity index (χ1v) is 10.3. The zero-order valence-corrected chi connectivity index (χ0v) is 17.8. The number of esters is 1. The summed E-state index contributed by atoms with van der Waals surface area (Å²) in [4.78, 5) is 38.2. The third-order valence-corrected chi connectivity index (χ3v) is 4.92. The van der Waals surface area contributed by atoms with Crippen molar-refractivity contribution in [2.24, 2.45) is 0 Å². The van der Waals surface area contributed by atoms with Crippen LogP contribution in [0.4, 0.5) is 10.1 Å². The maximum Gasteiger partial charge on any atom is 0.338 e. The lowest BCUT2D eigenvalue weighted by molar-refractivity contribution is -0.135. The number of rotatable bonds is 8. The van der Waals surface area contributed by atoms with Crippen LogP contribution in [0.15, 0.2) is 42.5 Å². The second-order valence-electron chi connectivity index (χ2n) is 7.23. The summed E-state index contributed by atoms with van der Waals surface area (Å²) in [6.07, 6.45) is 3.02. The molecule has 0 saturated carbocycles. The van der Waals surface area contributed by atoms with Crippen molar-refractivity contribution in [3.63, 3.8) is 0 Å². The van der Waals surface area contributed by atoms with Gasteiger partial charge in [-0.05, 0) is 61.7 Å². The summed E-state index contributed by atoms with van der Waals surface area (Å²) in [6, 6.07) is 9.70. The van der Waals surface area contributed by atoms with Crippen LogP contribution in [-0.2, 0) is 14.3 Å². The number of carbonyl (C=O) groups is 3. The summed E-state index contributed by atoms with van der Waals surface area (Å²) in [7, 11) is 1.40. The van der Waals surface area contributed by atoms with Crippen molar-refractivity contribution in [1.29, 1.82) is 0 Å². The summed E-state index contributed by atoms with van der Waals surface area (Å²) >= 11 is 0. The van der Waals surface area contributed by atoms with E-state index in [2.05, 4.69) is 5.32 Å². The number of hydrogen-bond acceptors (Lipinski definition) is 6. The SMILES string of the molecule is COc1cc(C(=O)OCC(=O)N2CCCCC2)ccc1OCC(=O)Nc1ccc(F)cc1. The first kappa shape index (κ1) is 23.1. The molecule has 1 fully saturated rings. The Morgan fingerprint density at radius 3 is 2.38 bits per heavy atom. The molecule has 0 aliphatic carbocycles. The number of benzene rings is 2. The van der Waals surface area contributed by atoms with E-state index in [0.29, 0.717) is 18.8 Å². The predicted octanol–water partition coefficient (Wildman–Crippen LogP) is 3.02. The molecule has 1 heterocycles. The molecule has 1 aliphatic rings. The Hall–Kier alpha value is -3.62. The van der Waals surface area contributed by atoms with Crippen molar-refractivity contribution in [2.75, 3.05) is 38.7 Å².